The van der Waals surface area contributed by atoms with Crippen LogP contribution < -0.4 is 5.32 Å². The molecule has 1 saturated carbocycles. The molecule has 1 aliphatic rings. The zero-order valence-electron chi connectivity index (χ0n) is 13.9. The molecule has 3 unspecified atom stereocenters. The lowest BCUT2D eigenvalue weighted by molar-refractivity contribution is 0.0445. The minimum Gasteiger partial charge on any atom is -0.313 e. The van der Waals surface area contributed by atoms with Gasteiger partial charge in [-0.1, -0.05) is 58.9 Å². The van der Waals surface area contributed by atoms with Gasteiger partial charge >= 0.3 is 0 Å². The molecule has 0 saturated heterocycles. The molecule has 20 heavy (non-hydrogen) atoms. The molecule has 1 heteroatoms. The topological polar surface area (TPSA) is 12.0 Å². The highest BCUT2D eigenvalue weighted by molar-refractivity contribution is 5.32. The first-order chi connectivity index (χ1) is 9.52. The summed E-state index contributed by atoms with van der Waals surface area (Å²) in [5, 5.41) is 3.74. The number of hydrogen-bond donors (Lipinski definition) is 1. The van der Waals surface area contributed by atoms with Crippen molar-refractivity contribution in [2.24, 2.45) is 5.41 Å². The third kappa shape index (κ3) is 2.79. The van der Waals surface area contributed by atoms with Gasteiger partial charge in [0, 0.05) is 6.04 Å². The molecule has 0 heterocycles. The van der Waals surface area contributed by atoms with Crippen molar-refractivity contribution in [1.29, 1.82) is 0 Å². The van der Waals surface area contributed by atoms with Gasteiger partial charge in [-0.15, -0.1) is 0 Å². The molecule has 3 atom stereocenters. The fourth-order valence-corrected chi connectivity index (χ4v) is 3.61. The van der Waals surface area contributed by atoms with Gasteiger partial charge in [-0.05, 0) is 54.2 Å². The van der Waals surface area contributed by atoms with Crippen LogP contribution in [0.15, 0.2) is 24.3 Å². The molecular weight excluding hydrogens is 242 g/mol. The predicted octanol–water partition coefficient (Wildman–Crippen LogP) is 5.08. The van der Waals surface area contributed by atoms with Crippen molar-refractivity contribution in [1.82, 2.24) is 5.32 Å². The Morgan fingerprint density at radius 2 is 1.85 bits per heavy atom. The Kier molecular flexibility index (Phi) is 4.90. The third-order valence-corrected chi connectivity index (χ3v) is 5.47. The van der Waals surface area contributed by atoms with Crippen LogP contribution in [0, 0.1) is 5.41 Å². The van der Waals surface area contributed by atoms with Crippen LogP contribution in [0.2, 0.25) is 0 Å². The monoisotopic (exact) mass is 273 g/mol. The highest BCUT2D eigenvalue weighted by Crippen LogP contribution is 2.54. The molecule has 1 aromatic carbocycles. The maximum atomic E-state index is 3.74. The molecule has 2 rings (SSSR count). The minimum atomic E-state index is 0.425. The molecule has 0 radical (unpaired) electrons. The van der Waals surface area contributed by atoms with E-state index in [0.717, 1.165) is 12.5 Å². The van der Waals surface area contributed by atoms with Crippen LogP contribution in [0.5, 0.6) is 0 Å². The lowest BCUT2D eigenvalue weighted by Gasteiger charge is -2.55. The summed E-state index contributed by atoms with van der Waals surface area (Å²) in [7, 11) is 0. The standard InChI is InChI=1S/C19H31N/c1-6-12-20-18-13-17(19(18,5)7-2)16-10-8-15(9-11-16)14(3)4/h8-11,14,17-18,20H,6-7,12-13H2,1-5H3. The highest BCUT2D eigenvalue weighted by Gasteiger charge is 2.50. The lowest BCUT2D eigenvalue weighted by Crippen LogP contribution is -2.56. The van der Waals surface area contributed by atoms with Gasteiger partial charge in [0.1, 0.15) is 0 Å². The Morgan fingerprint density at radius 1 is 1.20 bits per heavy atom. The van der Waals surface area contributed by atoms with E-state index in [-0.39, 0.29) is 0 Å². The van der Waals surface area contributed by atoms with E-state index in [1.54, 1.807) is 0 Å². The van der Waals surface area contributed by atoms with E-state index < -0.39 is 0 Å². The molecule has 0 amide bonds. The van der Waals surface area contributed by atoms with Gasteiger partial charge in [-0.3, -0.25) is 0 Å². The Balaban J connectivity index is 2.09. The van der Waals surface area contributed by atoms with Crippen LogP contribution in [0.3, 0.4) is 0 Å². The largest absolute Gasteiger partial charge is 0.313 e. The second-order valence-corrected chi connectivity index (χ2v) is 6.98. The van der Waals surface area contributed by atoms with Crippen LogP contribution in [-0.4, -0.2) is 12.6 Å². The smallest absolute Gasteiger partial charge is 0.0133 e. The molecule has 1 nitrogen and oxygen atoms in total. The molecule has 1 aromatic rings. The van der Waals surface area contributed by atoms with Crippen molar-refractivity contribution < 1.29 is 0 Å². The van der Waals surface area contributed by atoms with Crippen LogP contribution in [0.25, 0.3) is 0 Å². The second kappa shape index (κ2) is 6.30. The Bertz CT molecular complexity index is 420. The van der Waals surface area contributed by atoms with Crippen LogP contribution >= 0.6 is 0 Å². The average Bonchev–Trinajstić information content (AvgIpc) is 2.45. The van der Waals surface area contributed by atoms with Gasteiger partial charge < -0.3 is 5.32 Å². The van der Waals surface area contributed by atoms with Gasteiger partial charge in [-0.2, -0.15) is 0 Å². The van der Waals surface area contributed by atoms with Gasteiger partial charge in [0.15, 0.2) is 0 Å². The summed E-state index contributed by atoms with van der Waals surface area (Å²) in [4.78, 5) is 0. The molecule has 1 N–H and O–H groups in total. The first-order valence-corrected chi connectivity index (χ1v) is 8.36. The van der Waals surface area contributed by atoms with Crippen molar-refractivity contribution in [2.75, 3.05) is 6.54 Å². The fraction of sp³-hybridized carbons (Fsp3) is 0.684. The van der Waals surface area contributed by atoms with E-state index in [4.69, 9.17) is 0 Å². The van der Waals surface area contributed by atoms with Crippen molar-refractivity contribution in [3.63, 3.8) is 0 Å². The first-order valence-electron chi connectivity index (χ1n) is 8.36. The summed E-state index contributed by atoms with van der Waals surface area (Å²) >= 11 is 0. The van der Waals surface area contributed by atoms with Crippen molar-refractivity contribution in [3.05, 3.63) is 35.4 Å². The van der Waals surface area contributed by atoms with Crippen LogP contribution in [-0.2, 0) is 0 Å². The number of rotatable bonds is 6. The third-order valence-electron chi connectivity index (χ3n) is 5.47. The van der Waals surface area contributed by atoms with E-state index in [1.807, 2.05) is 0 Å². The first kappa shape index (κ1) is 15.6. The Morgan fingerprint density at radius 3 is 2.35 bits per heavy atom. The summed E-state index contributed by atoms with van der Waals surface area (Å²) in [6.07, 6.45) is 3.78. The minimum absolute atomic E-state index is 0.425. The summed E-state index contributed by atoms with van der Waals surface area (Å²) in [5.74, 6) is 1.35. The van der Waals surface area contributed by atoms with E-state index in [1.165, 1.54) is 30.4 Å². The predicted molar refractivity (Wildman–Crippen MR) is 88.4 cm³/mol. The van der Waals surface area contributed by atoms with Crippen molar-refractivity contribution in [2.45, 2.75) is 71.8 Å². The quantitative estimate of drug-likeness (QED) is 0.762. The van der Waals surface area contributed by atoms with Crippen molar-refractivity contribution >= 4 is 0 Å². The molecular formula is C19H31N. The van der Waals surface area contributed by atoms with E-state index >= 15 is 0 Å². The summed E-state index contributed by atoms with van der Waals surface area (Å²) < 4.78 is 0. The van der Waals surface area contributed by atoms with Gasteiger partial charge in [0.2, 0.25) is 0 Å². The molecule has 0 aliphatic heterocycles. The number of benzene rings is 1. The Labute approximate surface area is 125 Å². The fourth-order valence-electron chi connectivity index (χ4n) is 3.61. The molecule has 1 fully saturated rings. The van der Waals surface area contributed by atoms with Crippen LogP contribution in [0.4, 0.5) is 0 Å². The lowest BCUT2D eigenvalue weighted by atomic mass is 9.54. The van der Waals surface area contributed by atoms with Crippen molar-refractivity contribution in [3.8, 4) is 0 Å². The summed E-state index contributed by atoms with van der Waals surface area (Å²) in [6.45, 7) is 12.7. The second-order valence-electron chi connectivity index (χ2n) is 6.98. The van der Waals surface area contributed by atoms with Gasteiger partial charge in [0.05, 0.1) is 0 Å². The van der Waals surface area contributed by atoms with E-state index in [9.17, 15) is 0 Å². The Hall–Kier alpha value is -0.820. The molecule has 1 aliphatic carbocycles. The summed E-state index contributed by atoms with van der Waals surface area (Å²) in [6, 6.07) is 10.1. The number of hydrogen-bond acceptors (Lipinski definition) is 1. The van der Waals surface area contributed by atoms with Gasteiger partial charge in [0.25, 0.3) is 0 Å². The SMILES string of the molecule is CCCNC1CC(c2ccc(C(C)C)cc2)C1(C)CC. The zero-order chi connectivity index (χ0) is 14.8. The molecule has 0 spiro atoms. The van der Waals surface area contributed by atoms with Crippen LogP contribution in [0.1, 0.15) is 76.8 Å². The average molecular weight is 273 g/mol. The van der Waals surface area contributed by atoms with Gasteiger partial charge in [-0.25, -0.2) is 0 Å². The maximum absolute atomic E-state index is 3.74. The summed E-state index contributed by atoms with van der Waals surface area (Å²) in [5.41, 5.74) is 3.41. The number of nitrogens with one attached hydrogen (secondary N) is 1. The maximum Gasteiger partial charge on any atom is 0.0133 e. The molecule has 0 bridgehead atoms. The normalized spacial score (nSPS) is 29.5. The molecule has 0 aromatic heterocycles. The highest BCUT2D eigenvalue weighted by atomic mass is 15.0. The van der Waals surface area contributed by atoms with E-state index in [2.05, 4.69) is 64.2 Å². The zero-order valence-corrected chi connectivity index (χ0v) is 13.9. The molecule has 112 valence electrons. The van der Waals surface area contributed by atoms with E-state index in [0.29, 0.717) is 17.4 Å².